The van der Waals surface area contributed by atoms with Crippen molar-refractivity contribution in [3.8, 4) is 0 Å². The van der Waals surface area contributed by atoms with E-state index in [4.69, 9.17) is 0 Å². The molecule has 1 aliphatic rings. The summed E-state index contributed by atoms with van der Waals surface area (Å²) in [4.78, 5) is 11.3. The molecule has 0 aliphatic carbocycles. The second kappa shape index (κ2) is 4.20. The number of nitrogens with one attached hydrogen (secondary N) is 1. The molecule has 0 bridgehead atoms. The number of rotatable bonds is 2. The number of halogens is 2. The van der Waals surface area contributed by atoms with E-state index in [0.717, 1.165) is 12.5 Å². The minimum Gasteiger partial charge on any atom is -0.353 e. The third-order valence-electron chi connectivity index (χ3n) is 2.99. The smallest absolute Gasteiger partial charge is 0.220 e. The summed E-state index contributed by atoms with van der Waals surface area (Å²) < 4.78 is 26.1. The maximum Gasteiger partial charge on any atom is 0.220 e. The molecule has 86 valence electrons. The van der Waals surface area contributed by atoms with E-state index in [0.29, 0.717) is 12.0 Å². The largest absolute Gasteiger partial charge is 0.353 e. The zero-order valence-corrected chi connectivity index (χ0v) is 8.97. The molecular formula is C12H13F2NO. The molecule has 1 N–H and O–H groups in total. The Morgan fingerprint density at radius 2 is 1.94 bits per heavy atom. The fraction of sp³-hybridized carbons (Fsp3) is 0.417. The predicted octanol–water partition coefficient (Wildman–Crippen LogP) is 2.35. The molecule has 1 heterocycles. The molecule has 1 aliphatic heterocycles. The maximum absolute atomic E-state index is 13.1. The third kappa shape index (κ3) is 2.05. The van der Waals surface area contributed by atoms with Crippen LogP contribution in [0.1, 0.15) is 31.2 Å². The molecule has 2 rings (SSSR count). The normalized spacial score (nSPS) is 24.6. The molecular weight excluding hydrogens is 212 g/mol. The molecule has 1 saturated heterocycles. The van der Waals surface area contributed by atoms with Crippen LogP contribution < -0.4 is 5.32 Å². The van der Waals surface area contributed by atoms with E-state index in [1.165, 1.54) is 12.1 Å². The topological polar surface area (TPSA) is 29.1 Å². The van der Waals surface area contributed by atoms with Crippen LogP contribution in [0.4, 0.5) is 8.78 Å². The Balaban J connectivity index is 2.32. The maximum atomic E-state index is 13.1. The third-order valence-corrected chi connectivity index (χ3v) is 2.99. The Kier molecular flexibility index (Phi) is 2.90. The summed E-state index contributed by atoms with van der Waals surface area (Å²) in [5.74, 6) is -1.36. The average molecular weight is 225 g/mol. The van der Waals surface area contributed by atoms with Crippen LogP contribution >= 0.6 is 0 Å². The van der Waals surface area contributed by atoms with E-state index in [2.05, 4.69) is 5.32 Å². The Labute approximate surface area is 92.7 Å². The van der Waals surface area contributed by atoms with Crippen LogP contribution in [0.2, 0.25) is 0 Å². The minimum absolute atomic E-state index is 0.0197. The van der Waals surface area contributed by atoms with E-state index in [9.17, 15) is 13.6 Å². The number of carbonyl (C=O) groups is 1. The molecule has 2 atom stereocenters. The van der Waals surface area contributed by atoms with Gasteiger partial charge in [-0.25, -0.2) is 8.78 Å². The summed E-state index contributed by atoms with van der Waals surface area (Å²) in [6.45, 7) is 1.94. The quantitative estimate of drug-likeness (QED) is 0.822. The number of hydrogen-bond acceptors (Lipinski definition) is 1. The average Bonchev–Trinajstić information content (AvgIpc) is 2.58. The van der Waals surface area contributed by atoms with Crippen molar-refractivity contribution in [2.75, 3.05) is 0 Å². The molecule has 1 fully saturated rings. The molecule has 0 radical (unpaired) electrons. The van der Waals surface area contributed by atoms with Gasteiger partial charge in [0.05, 0.1) is 0 Å². The molecule has 2 nitrogen and oxygen atoms in total. The molecule has 1 aromatic rings. The van der Waals surface area contributed by atoms with E-state index in [1.807, 2.05) is 6.92 Å². The Morgan fingerprint density at radius 1 is 1.31 bits per heavy atom. The number of benzene rings is 1. The van der Waals surface area contributed by atoms with Gasteiger partial charge in [-0.1, -0.05) is 6.92 Å². The lowest BCUT2D eigenvalue weighted by Crippen LogP contribution is -2.27. The van der Waals surface area contributed by atoms with Crippen molar-refractivity contribution in [1.82, 2.24) is 5.32 Å². The first-order chi connectivity index (χ1) is 7.60. The summed E-state index contributed by atoms with van der Waals surface area (Å²) in [5, 5.41) is 2.81. The molecule has 0 aromatic heterocycles. The lowest BCUT2D eigenvalue weighted by atomic mass is 9.90. The monoisotopic (exact) mass is 225 g/mol. The molecule has 1 aromatic carbocycles. The highest BCUT2D eigenvalue weighted by atomic mass is 19.1. The van der Waals surface area contributed by atoms with Crippen molar-refractivity contribution in [1.29, 1.82) is 0 Å². The number of amides is 1. The van der Waals surface area contributed by atoms with E-state index in [1.54, 1.807) is 0 Å². The Bertz CT molecular complexity index is 399. The van der Waals surface area contributed by atoms with Gasteiger partial charge in [0.1, 0.15) is 11.6 Å². The summed E-state index contributed by atoms with van der Waals surface area (Å²) in [6, 6.07) is 3.43. The van der Waals surface area contributed by atoms with Gasteiger partial charge in [0, 0.05) is 24.4 Å². The summed E-state index contributed by atoms with van der Waals surface area (Å²) in [7, 11) is 0. The molecule has 2 unspecified atom stereocenters. The lowest BCUT2D eigenvalue weighted by Gasteiger charge is -2.17. The summed E-state index contributed by atoms with van der Waals surface area (Å²) >= 11 is 0. The van der Waals surface area contributed by atoms with Gasteiger partial charge in [0.15, 0.2) is 0 Å². The van der Waals surface area contributed by atoms with Crippen molar-refractivity contribution in [2.24, 2.45) is 0 Å². The van der Waals surface area contributed by atoms with Gasteiger partial charge < -0.3 is 5.32 Å². The van der Waals surface area contributed by atoms with Crippen molar-refractivity contribution in [3.63, 3.8) is 0 Å². The number of carbonyl (C=O) groups excluding carboxylic acids is 1. The fourth-order valence-electron chi connectivity index (χ4n) is 2.23. The minimum atomic E-state index is -0.593. The van der Waals surface area contributed by atoms with Crippen molar-refractivity contribution in [2.45, 2.75) is 31.7 Å². The highest BCUT2D eigenvalue weighted by Crippen LogP contribution is 2.30. The van der Waals surface area contributed by atoms with Gasteiger partial charge in [-0.3, -0.25) is 4.79 Å². The zero-order chi connectivity index (χ0) is 11.7. The highest BCUT2D eigenvalue weighted by molar-refractivity contribution is 5.80. The van der Waals surface area contributed by atoms with Gasteiger partial charge in [-0.05, 0) is 24.1 Å². The fourth-order valence-corrected chi connectivity index (χ4v) is 2.23. The van der Waals surface area contributed by atoms with Crippen molar-refractivity contribution < 1.29 is 13.6 Å². The van der Waals surface area contributed by atoms with Crippen LogP contribution in [0, 0.1) is 11.6 Å². The summed E-state index contributed by atoms with van der Waals surface area (Å²) in [5.41, 5.74) is 0.558. The Morgan fingerprint density at radius 3 is 2.50 bits per heavy atom. The molecule has 16 heavy (non-hydrogen) atoms. The molecule has 0 spiro atoms. The van der Waals surface area contributed by atoms with Crippen molar-refractivity contribution >= 4 is 5.91 Å². The van der Waals surface area contributed by atoms with Crippen LogP contribution in [0.5, 0.6) is 0 Å². The molecule has 1 amide bonds. The zero-order valence-electron chi connectivity index (χ0n) is 8.97. The first-order valence-corrected chi connectivity index (χ1v) is 5.35. The second-order valence-electron chi connectivity index (χ2n) is 4.10. The number of hydrogen-bond donors (Lipinski definition) is 1. The van der Waals surface area contributed by atoms with Crippen LogP contribution in [0.15, 0.2) is 18.2 Å². The first-order valence-electron chi connectivity index (χ1n) is 5.35. The van der Waals surface area contributed by atoms with Crippen LogP contribution in [-0.4, -0.2) is 11.9 Å². The van der Waals surface area contributed by atoms with Crippen LogP contribution in [0.3, 0.4) is 0 Å². The van der Waals surface area contributed by atoms with Gasteiger partial charge in [0.2, 0.25) is 5.91 Å². The van der Waals surface area contributed by atoms with Crippen LogP contribution in [-0.2, 0) is 4.79 Å². The van der Waals surface area contributed by atoms with Crippen molar-refractivity contribution in [3.05, 3.63) is 35.4 Å². The first kappa shape index (κ1) is 11.0. The van der Waals surface area contributed by atoms with Gasteiger partial charge >= 0.3 is 0 Å². The summed E-state index contributed by atoms with van der Waals surface area (Å²) in [6.07, 6.45) is 1.07. The van der Waals surface area contributed by atoms with E-state index < -0.39 is 11.6 Å². The predicted molar refractivity (Wildman–Crippen MR) is 55.9 cm³/mol. The van der Waals surface area contributed by atoms with Gasteiger partial charge in [-0.15, -0.1) is 0 Å². The van der Waals surface area contributed by atoms with Gasteiger partial charge in [-0.2, -0.15) is 0 Å². The Hall–Kier alpha value is -1.45. The van der Waals surface area contributed by atoms with Gasteiger partial charge in [0.25, 0.3) is 0 Å². The van der Waals surface area contributed by atoms with E-state index >= 15 is 0 Å². The second-order valence-corrected chi connectivity index (χ2v) is 4.10. The standard InChI is InChI=1S/C12H13F2NO/c1-2-11-10(6-12(16)15-11)7-3-8(13)5-9(14)4-7/h3-5,10-11H,2,6H2,1H3,(H,15,16). The highest BCUT2D eigenvalue weighted by Gasteiger charge is 2.32. The molecule has 0 saturated carbocycles. The molecule has 4 heteroatoms. The van der Waals surface area contributed by atoms with Crippen LogP contribution in [0.25, 0.3) is 0 Å². The van der Waals surface area contributed by atoms with E-state index in [-0.39, 0.29) is 17.9 Å². The lowest BCUT2D eigenvalue weighted by molar-refractivity contribution is -0.119. The SMILES string of the molecule is CCC1NC(=O)CC1c1cc(F)cc(F)c1.